The Kier molecular flexibility index (Phi) is 5.53. The van der Waals surface area contributed by atoms with Crippen LogP contribution in [-0.4, -0.2) is 24.2 Å². The third-order valence-electron chi connectivity index (χ3n) is 4.28. The van der Waals surface area contributed by atoms with Crippen LogP contribution in [-0.2, 0) is 4.74 Å². The molecule has 1 aromatic rings. The molecular formula is C18H14F10O. The van der Waals surface area contributed by atoms with Crippen LogP contribution in [0.15, 0.2) is 35.6 Å². The van der Waals surface area contributed by atoms with Crippen LogP contribution in [0.25, 0.3) is 0 Å². The summed E-state index contributed by atoms with van der Waals surface area (Å²) in [5.74, 6) is -13.8. The molecule has 11 heteroatoms. The predicted octanol–water partition coefficient (Wildman–Crippen LogP) is 6.89. The standard InChI is InChI=1S/C18H14F10O/c1-8-4-9(2)14(10(3)5-8)12-6-11(15(19,20)17(23,24)25)7-13(29-12)16(21,22)18(26,27)28/h4-7,12H,1-3H3. The maximum absolute atomic E-state index is 13.8. The fraction of sp³-hybridized carbons (Fsp3) is 0.444. The average Bonchev–Trinajstić information content (AvgIpc) is 2.51. The fourth-order valence-corrected chi connectivity index (χ4v) is 3.00. The van der Waals surface area contributed by atoms with Crippen molar-refractivity contribution in [1.29, 1.82) is 0 Å². The lowest BCUT2D eigenvalue weighted by atomic mass is 9.91. The molecule has 0 radical (unpaired) electrons. The second kappa shape index (κ2) is 6.94. The Morgan fingerprint density at radius 1 is 0.724 bits per heavy atom. The largest absolute Gasteiger partial charge is 0.479 e. The first kappa shape index (κ1) is 23.1. The van der Waals surface area contributed by atoms with Crippen molar-refractivity contribution in [1.82, 2.24) is 0 Å². The third-order valence-corrected chi connectivity index (χ3v) is 4.28. The number of alkyl halides is 10. The predicted molar refractivity (Wildman–Crippen MR) is 82.6 cm³/mol. The van der Waals surface area contributed by atoms with Gasteiger partial charge in [0.15, 0.2) is 5.76 Å². The van der Waals surface area contributed by atoms with E-state index in [0.29, 0.717) is 5.56 Å². The molecule has 29 heavy (non-hydrogen) atoms. The Balaban J connectivity index is 2.72. The molecule has 0 aromatic heterocycles. The van der Waals surface area contributed by atoms with Crippen molar-refractivity contribution in [2.45, 2.75) is 51.1 Å². The van der Waals surface area contributed by atoms with Gasteiger partial charge in [-0.1, -0.05) is 17.7 Å². The summed E-state index contributed by atoms with van der Waals surface area (Å²) in [6.07, 6.45) is -14.9. The fourth-order valence-electron chi connectivity index (χ4n) is 3.00. The lowest BCUT2D eigenvalue weighted by Crippen LogP contribution is -2.43. The molecule has 0 bridgehead atoms. The molecule has 0 saturated heterocycles. The van der Waals surface area contributed by atoms with Gasteiger partial charge in [0.05, 0.1) is 0 Å². The zero-order valence-corrected chi connectivity index (χ0v) is 15.1. The molecular weight excluding hydrogens is 422 g/mol. The van der Waals surface area contributed by atoms with Gasteiger partial charge in [0.1, 0.15) is 6.10 Å². The van der Waals surface area contributed by atoms with Gasteiger partial charge in [-0.05, 0) is 44.1 Å². The minimum atomic E-state index is -6.27. The monoisotopic (exact) mass is 436 g/mol. The van der Waals surface area contributed by atoms with E-state index in [0.717, 1.165) is 0 Å². The summed E-state index contributed by atoms with van der Waals surface area (Å²) in [6, 6.07) is 2.92. The molecule has 0 saturated carbocycles. The highest BCUT2D eigenvalue weighted by atomic mass is 19.4. The maximum atomic E-state index is 13.8. The van der Waals surface area contributed by atoms with E-state index >= 15 is 0 Å². The van der Waals surface area contributed by atoms with E-state index in [1.165, 1.54) is 26.0 Å². The smallest absolute Gasteiger partial charge is 0.461 e. The first-order valence-corrected chi connectivity index (χ1v) is 7.97. The van der Waals surface area contributed by atoms with E-state index in [4.69, 9.17) is 0 Å². The number of ether oxygens (including phenoxy) is 1. The second-order valence-electron chi connectivity index (χ2n) is 6.63. The molecule has 0 aliphatic carbocycles. The number of allylic oxidation sites excluding steroid dienone is 3. The molecule has 1 aliphatic rings. The molecule has 0 fully saturated rings. The van der Waals surface area contributed by atoms with Crippen molar-refractivity contribution in [2.75, 3.05) is 0 Å². The Hall–Kier alpha value is -2.20. The van der Waals surface area contributed by atoms with Crippen LogP contribution in [0.2, 0.25) is 0 Å². The van der Waals surface area contributed by atoms with Crippen molar-refractivity contribution in [2.24, 2.45) is 0 Å². The number of rotatable bonds is 3. The van der Waals surface area contributed by atoms with Crippen LogP contribution >= 0.6 is 0 Å². The van der Waals surface area contributed by atoms with Crippen molar-refractivity contribution in [3.05, 3.63) is 57.9 Å². The number of halogens is 10. The summed E-state index contributed by atoms with van der Waals surface area (Å²) in [5, 5.41) is 0. The van der Waals surface area contributed by atoms with Crippen molar-refractivity contribution >= 4 is 0 Å². The molecule has 2 rings (SSSR count). The quantitative estimate of drug-likeness (QED) is 0.469. The van der Waals surface area contributed by atoms with Crippen LogP contribution in [0, 0.1) is 20.8 Å². The Labute approximate surface area is 158 Å². The van der Waals surface area contributed by atoms with Gasteiger partial charge in [-0.25, -0.2) is 0 Å². The van der Waals surface area contributed by atoms with Crippen molar-refractivity contribution in [3.63, 3.8) is 0 Å². The SMILES string of the molecule is Cc1cc(C)c(C2C=C(C(F)(F)C(F)(F)F)C=C(C(F)(F)C(F)(F)F)O2)c(C)c1. The minimum Gasteiger partial charge on any atom is -0.479 e. The molecule has 1 unspecified atom stereocenters. The highest BCUT2D eigenvalue weighted by Crippen LogP contribution is 2.50. The zero-order chi connectivity index (χ0) is 22.6. The molecule has 1 atom stereocenters. The van der Waals surface area contributed by atoms with Crippen LogP contribution < -0.4 is 0 Å². The lowest BCUT2D eigenvalue weighted by molar-refractivity contribution is -0.280. The average molecular weight is 436 g/mol. The van der Waals surface area contributed by atoms with E-state index in [9.17, 15) is 43.9 Å². The number of aryl methyl sites for hydroxylation is 3. The van der Waals surface area contributed by atoms with Gasteiger partial charge in [-0.3, -0.25) is 0 Å². The van der Waals surface area contributed by atoms with Gasteiger partial charge < -0.3 is 4.74 Å². The van der Waals surface area contributed by atoms with Gasteiger partial charge in [0.2, 0.25) is 0 Å². The summed E-state index contributed by atoms with van der Waals surface area (Å²) >= 11 is 0. The third kappa shape index (κ3) is 4.09. The number of benzene rings is 1. The minimum absolute atomic E-state index is 0.0883. The van der Waals surface area contributed by atoms with Gasteiger partial charge in [0, 0.05) is 11.1 Å². The van der Waals surface area contributed by atoms with E-state index in [2.05, 4.69) is 4.74 Å². The first-order valence-electron chi connectivity index (χ1n) is 7.97. The van der Waals surface area contributed by atoms with Crippen LogP contribution in [0.5, 0.6) is 0 Å². The summed E-state index contributed by atoms with van der Waals surface area (Å²) in [4.78, 5) is 0. The topological polar surface area (TPSA) is 9.23 Å². The Morgan fingerprint density at radius 2 is 1.17 bits per heavy atom. The number of hydrogen-bond acceptors (Lipinski definition) is 1. The molecule has 1 aliphatic heterocycles. The molecule has 162 valence electrons. The summed E-state index contributed by atoms with van der Waals surface area (Å²) < 4.78 is 136. The molecule has 0 amide bonds. The summed E-state index contributed by atoms with van der Waals surface area (Å²) in [7, 11) is 0. The van der Waals surface area contributed by atoms with Gasteiger partial charge in [0.25, 0.3) is 0 Å². The molecule has 0 spiro atoms. The highest BCUT2D eigenvalue weighted by molar-refractivity contribution is 5.45. The van der Waals surface area contributed by atoms with Crippen molar-refractivity contribution < 1.29 is 48.6 Å². The molecule has 1 nitrogen and oxygen atoms in total. The highest BCUT2D eigenvalue weighted by Gasteiger charge is 2.65. The molecule has 1 heterocycles. The van der Waals surface area contributed by atoms with Gasteiger partial charge in [-0.15, -0.1) is 0 Å². The zero-order valence-electron chi connectivity index (χ0n) is 15.1. The normalized spacial score (nSPS) is 18.9. The summed E-state index contributed by atoms with van der Waals surface area (Å²) in [5.41, 5.74) is -0.972. The van der Waals surface area contributed by atoms with Crippen LogP contribution in [0.3, 0.4) is 0 Å². The van der Waals surface area contributed by atoms with Gasteiger partial charge >= 0.3 is 24.2 Å². The Morgan fingerprint density at radius 3 is 1.59 bits per heavy atom. The van der Waals surface area contributed by atoms with Gasteiger partial charge in [-0.2, -0.15) is 43.9 Å². The van der Waals surface area contributed by atoms with Crippen LogP contribution in [0.1, 0.15) is 28.4 Å². The molecule has 1 aromatic carbocycles. The second-order valence-corrected chi connectivity index (χ2v) is 6.63. The Bertz CT molecular complexity index is 835. The van der Waals surface area contributed by atoms with Crippen molar-refractivity contribution in [3.8, 4) is 0 Å². The lowest BCUT2D eigenvalue weighted by Gasteiger charge is -2.32. The molecule has 0 N–H and O–H groups in total. The van der Waals surface area contributed by atoms with E-state index in [1.54, 1.807) is 6.92 Å². The van der Waals surface area contributed by atoms with E-state index < -0.39 is 47.7 Å². The maximum Gasteiger partial charge on any atom is 0.461 e. The van der Waals surface area contributed by atoms with Crippen LogP contribution in [0.4, 0.5) is 43.9 Å². The van der Waals surface area contributed by atoms with E-state index in [-0.39, 0.29) is 22.8 Å². The van der Waals surface area contributed by atoms with E-state index in [1.807, 2.05) is 0 Å². The first-order chi connectivity index (χ1) is 12.9. The summed E-state index contributed by atoms with van der Waals surface area (Å²) in [6.45, 7) is 4.43. The number of hydrogen-bond donors (Lipinski definition) is 0.